The number of fused-ring (bicyclic) bond motifs is 1. The van der Waals surface area contributed by atoms with Crippen molar-refractivity contribution in [2.24, 2.45) is 5.92 Å². The highest BCUT2D eigenvalue weighted by Crippen LogP contribution is 2.33. The molecule has 1 saturated carbocycles. The Morgan fingerprint density at radius 1 is 1.29 bits per heavy atom. The Morgan fingerprint density at radius 2 is 2.12 bits per heavy atom. The summed E-state index contributed by atoms with van der Waals surface area (Å²) < 4.78 is 0. The third-order valence-corrected chi connectivity index (χ3v) is 6.86. The number of rotatable bonds is 5. The highest BCUT2D eigenvalue weighted by molar-refractivity contribution is 7.99. The summed E-state index contributed by atoms with van der Waals surface area (Å²) in [5.74, 6) is 1.93. The molecule has 4 N–H and O–H groups in total. The summed E-state index contributed by atoms with van der Waals surface area (Å²) in [6.45, 7) is 2.48. The Morgan fingerprint density at radius 3 is 2.96 bits per heavy atom. The lowest BCUT2D eigenvalue weighted by Gasteiger charge is -2.16. The minimum absolute atomic E-state index is 0.219. The lowest BCUT2D eigenvalue weighted by molar-refractivity contribution is 0.149. The molecular weight excluding hydrogens is 322 g/mol. The molecule has 2 unspecified atom stereocenters. The molecule has 0 spiro atoms. The number of nitrogens with zero attached hydrogens (tertiary/aromatic N) is 3. The lowest BCUT2D eigenvalue weighted by Crippen LogP contribution is -2.21. The maximum absolute atomic E-state index is 10.4. The standard InChI is InChI=1S/C17H25N5OS/c18-17-16-15(20-10-21-17)11(5-19-16)6-22-7-12(14(23)8-22)9-24-13-3-1-2-4-13/h5,10,12-14,19,23H,1-4,6-9H2,(H2,18,20,21). The number of likely N-dealkylation sites (tertiary alicyclic amines) is 1. The van der Waals surface area contributed by atoms with Gasteiger partial charge in [-0.1, -0.05) is 12.8 Å². The summed E-state index contributed by atoms with van der Waals surface area (Å²) in [5, 5.41) is 11.2. The number of β-amino-alcohol motifs (C(OH)–C–C–N with tert-alkyl or cyclic N) is 1. The zero-order valence-corrected chi connectivity index (χ0v) is 14.6. The van der Waals surface area contributed by atoms with Gasteiger partial charge in [-0.05, 0) is 12.8 Å². The van der Waals surface area contributed by atoms with Crippen molar-refractivity contribution >= 4 is 28.6 Å². The molecule has 1 aliphatic carbocycles. The first-order valence-electron chi connectivity index (χ1n) is 8.79. The van der Waals surface area contributed by atoms with E-state index in [-0.39, 0.29) is 6.10 Å². The summed E-state index contributed by atoms with van der Waals surface area (Å²) in [7, 11) is 0. The van der Waals surface area contributed by atoms with Crippen molar-refractivity contribution in [2.75, 3.05) is 24.6 Å². The highest BCUT2D eigenvalue weighted by Gasteiger charge is 2.32. The fourth-order valence-electron chi connectivity index (χ4n) is 3.92. The predicted molar refractivity (Wildman–Crippen MR) is 97.8 cm³/mol. The number of aliphatic hydroxyl groups is 1. The van der Waals surface area contributed by atoms with Crippen LogP contribution in [0.15, 0.2) is 12.5 Å². The van der Waals surface area contributed by atoms with E-state index in [2.05, 4.69) is 31.6 Å². The minimum atomic E-state index is -0.219. The Hall–Kier alpha value is -1.31. The van der Waals surface area contributed by atoms with E-state index in [0.717, 1.165) is 47.2 Å². The summed E-state index contributed by atoms with van der Waals surface area (Å²) in [6, 6.07) is 0. The molecule has 2 aromatic heterocycles. The maximum atomic E-state index is 10.4. The van der Waals surface area contributed by atoms with Gasteiger partial charge in [0.1, 0.15) is 11.8 Å². The molecular formula is C17H25N5OS. The van der Waals surface area contributed by atoms with Crippen LogP contribution in [0.25, 0.3) is 11.0 Å². The van der Waals surface area contributed by atoms with E-state index >= 15 is 0 Å². The van der Waals surface area contributed by atoms with Gasteiger partial charge < -0.3 is 15.8 Å². The second kappa shape index (κ2) is 6.90. The van der Waals surface area contributed by atoms with Crippen LogP contribution in [0, 0.1) is 5.92 Å². The minimum Gasteiger partial charge on any atom is -0.391 e. The molecule has 2 aromatic rings. The topological polar surface area (TPSA) is 91.1 Å². The fraction of sp³-hybridized carbons (Fsp3) is 0.647. The largest absolute Gasteiger partial charge is 0.391 e. The van der Waals surface area contributed by atoms with Crippen LogP contribution < -0.4 is 5.73 Å². The second-order valence-electron chi connectivity index (χ2n) is 7.06. The van der Waals surface area contributed by atoms with Crippen LogP contribution in [0.5, 0.6) is 0 Å². The molecule has 6 nitrogen and oxygen atoms in total. The van der Waals surface area contributed by atoms with E-state index in [9.17, 15) is 5.11 Å². The smallest absolute Gasteiger partial charge is 0.151 e. The molecule has 1 aliphatic heterocycles. The van der Waals surface area contributed by atoms with Crippen LogP contribution in [0.4, 0.5) is 5.82 Å². The number of nitrogens with two attached hydrogens (primary N) is 1. The number of thioether (sulfide) groups is 1. The van der Waals surface area contributed by atoms with Crippen molar-refractivity contribution in [3.63, 3.8) is 0 Å². The van der Waals surface area contributed by atoms with E-state index < -0.39 is 0 Å². The van der Waals surface area contributed by atoms with Crippen LogP contribution in [-0.2, 0) is 6.54 Å². The van der Waals surface area contributed by atoms with Crippen LogP contribution in [0.1, 0.15) is 31.2 Å². The van der Waals surface area contributed by atoms with Crippen LogP contribution in [0.3, 0.4) is 0 Å². The number of hydrogen-bond acceptors (Lipinski definition) is 6. The van der Waals surface area contributed by atoms with Crippen molar-refractivity contribution in [2.45, 2.75) is 43.6 Å². The van der Waals surface area contributed by atoms with Gasteiger partial charge >= 0.3 is 0 Å². The molecule has 0 aromatic carbocycles. The van der Waals surface area contributed by atoms with Gasteiger partial charge in [0.15, 0.2) is 5.82 Å². The molecule has 4 rings (SSSR count). The molecule has 24 heavy (non-hydrogen) atoms. The van der Waals surface area contributed by atoms with Crippen molar-refractivity contribution < 1.29 is 5.11 Å². The first-order valence-corrected chi connectivity index (χ1v) is 9.84. The van der Waals surface area contributed by atoms with E-state index in [1.165, 1.54) is 32.0 Å². The van der Waals surface area contributed by atoms with Crippen LogP contribution >= 0.6 is 11.8 Å². The Bertz CT molecular complexity index is 699. The zero-order chi connectivity index (χ0) is 16.5. The molecule has 130 valence electrons. The number of aromatic nitrogens is 3. The summed E-state index contributed by atoms with van der Waals surface area (Å²) in [4.78, 5) is 13.9. The zero-order valence-electron chi connectivity index (χ0n) is 13.8. The van der Waals surface area contributed by atoms with Gasteiger partial charge in [-0.2, -0.15) is 11.8 Å². The molecule has 2 atom stereocenters. The van der Waals surface area contributed by atoms with E-state index in [1.54, 1.807) is 0 Å². The number of H-pyrrole nitrogens is 1. The van der Waals surface area contributed by atoms with Gasteiger partial charge in [0.2, 0.25) is 0 Å². The van der Waals surface area contributed by atoms with Crippen LogP contribution in [0.2, 0.25) is 0 Å². The molecule has 3 heterocycles. The quantitative estimate of drug-likeness (QED) is 0.766. The third-order valence-electron chi connectivity index (χ3n) is 5.30. The van der Waals surface area contributed by atoms with Gasteiger partial charge in [0, 0.05) is 48.3 Å². The van der Waals surface area contributed by atoms with Gasteiger partial charge in [-0.25, -0.2) is 9.97 Å². The Balaban J connectivity index is 1.37. The highest BCUT2D eigenvalue weighted by atomic mass is 32.2. The van der Waals surface area contributed by atoms with Crippen molar-refractivity contribution in [3.05, 3.63) is 18.1 Å². The first-order chi connectivity index (χ1) is 11.7. The normalized spacial score (nSPS) is 25.9. The number of nitrogens with one attached hydrogen (secondary N) is 1. The number of nitrogen functional groups attached to an aromatic ring is 1. The van der Waals surface area contributed by atoms with Gasteiger partial charge in [0.25, 0.3) is 0 Å². The van der Waals surface area contributed by atoms with E-state index in [1.807, 2.05) is 6.20 Å². The first kappa shape index (κ1) is 16.2. The number of aliphatic hydroxyl groups excluding tert-OH is 1. The monoisotopic (exact) mass is 347 g/mol. The molecule has 2 fully saturated rings. The van der Waals surface area contributed by atoms with Crippen LogP contribution in [-0.4, -0.2) is 55.2 Å². The van der Waals surface area contributed by atoms with E-state index in [0.29, 0.717) is 11.7 Å². The molecule has 0 bridgehead atoms. The third kappa shape index (κ3) is 3.25. The van der Waals surface area contributed by atoms with Gasteiger partial charge in [0.05, 0.1) is 11.6 Å². The second-order valence-corrected chi connectivity index (χ2v) is 8.39. The molecule has 0 amide bonds. The average molecular weight is 347 g/mol. The van der Waals surface area contributed by atoms with Crippen molar-refractivity contribution in [1.29, 1.82) is 0 Å². The maximum Gasteiger partial charge on any atom is 0.151 e. The van der Waals surface area contributed by atoms with Gasteiger partial charge in [-0.15, -0.1) is 0 Å². The fourth-order valence-corrected chi connectivity index (χ4v) is 5.44. The number of aromatic amines is 1. The number of hydrogen-bond donors (Lipinski definition) is 3. The lowest BCUT2D eigenvalue weighted by atomic mass is 10.1. The van der Waals surface area contributed by atoms with Crippen molar-refractivity contribution in [3.8, 4) is 0 Å². The summed E-state index contributed by atoms with van der Waals surface area (Å²) in [6.07, 6.45) is 8.72. The van der Waals surface area contributed by atoms with Gasteiger partial charge in [-0.3, -0.25) is 4.90 Å². The predicted octanol–water partition coefficient (Wildman–Crippen LogP) is 2.01. The molecule has 0 radical (unpaired) electrons. The average Bonchev–Trinajstić information content (AvgIpc) is 3.28. The molecule has 7 heteroatoms. The number of anilines is 1. The summed E-state index contributed by atoms with van der Waals surface area (Å²) >= 11 is 2.07. The SMILES string of the molecule is Nc1ncnc2c(CN3CC(O)C(CSC4CCCC4)C3)c[nH]c12. The molecule has 2 aliphatic rings. The van der Waals surface area contributed by atoms with E-state index in [4.69, 9.17) is 5.73 Å². The summed E-state index contributed by atoms with van der Waals surface area (Å²) in [5.41, 5.74) is 8.70. The Kier molecular flexibility index (Phi) is 4.65. The Labute approximate surface area is 146 Å². The van der Waals surface area contributed by atoms with Crippen molar-refractivity contribution in [1.82, 2.24) is 19.9 Å². The molecule has 1 saturated heterocycles.